The Morgan fingerprint density at radius 2 is 1.88 bits per heavy atom. The number of benzene rings is 1. The molecule has 0 saturated carbocycles. The average Bonchev–Trinajstić information content (AvgIpc) is 2.48. The van der Waals surface area contributed by atoms with E-state index in [0.29, 0.717) is 0 Å². The van der Waals surface area contributed by atoms with Crippen LogP contribution in [0.25, 0.3) is 0 Å². The fourth-order valence-corrected chi connectivity index (χ4v) is 2.81. The van der Waals surface area contributed by atoms with Crippen LogP contribution in [0.15, 0.2) is 30.3 Å². The minimum atomic E-state index is -1.63. The lowest BCUT2D eigenvalue weighted by Crippen LogP contribution is -2.57. The van der Waals surface area contributed by atoms with E-state index in [2.05, 4.69) is 0 Å². The van der Waals surface area contributed by atoms with Crippen LogP contribution >= 0.6 is 0 Å². The van der Waals surface area contributed by atoms with Crippen LogP contribution in [-0.2, 0) is 20.7 Å². The molecule has 1 fully saturated rings. The van der Waals surface area contributed by atoms with Crippen molar-refractivity contribution >= 4 is 17.8 Å². The second-order valence-electron chi connectivity index (χ2n) is 7.12. The lowest BCUT2D eigenvalue weighted by atomic mass is 9.74. The van der Waals surface area contributed by atoms with Crippen molar-refractivity contribution in [1.29, 1.82) is 0 Å². The predicted octanol–water partition coefficient (Wildman–Crippen LogP) is 2.51. The van der Waals surface area contributed by atoms with Crippen LogP contribution < -0.4 is 0 Å². The van der Waals surface area contributed by atoms with Gasteiger partial charge in [0.2, 0.25) is 0 Å². The Morgan fingerprint density at radius 1 is 1.25 bits per heavy atom. The fourth-order valence-electron chi connectivity index (χ4n) is 2.81. The number of rotatable bonds is 3. The van der Waals surface area contributed by atoms with E-state index in [1.807, 2.05) is 6.07 Å². The van der Waals surface area contributed by atoms with Crippen molar-refractivity contribution in [1.82, 2.24) is 4.90 Å². The maximum Gasteiger partial charge on any atom is 0.410 e. The first-order valence-corrected chi connectivity index (χ1v) is 7.93. The predicted molar refractivity (Wildman–Crippen MR) is 87.6 cm³/mol. The van der Waals surface area contributed by atoms with Crippen LogP contribution in [0.3, 0.4) is 0 Å². The summed E-state index contributed by atoms with van der Waals surface area (Å²) in [6, 6.07) is 8.98. The number of ether oxygens (including phenoxy) is 1. The number of likely N-dealkylation sites (tertiary alicyclic amines) is 1. The Kier molecular flexibility index (Phi) is 4.96. The standard InChI is InChI=1S/C18H23NO5/c1-17(2,3)24-16(23)19-10-9-14(20)18(12-19,15(21)22)11-13-7-5-4-6-8-13/h4-8H,9-12H2,1-3H3,(H,21,22)/t18-/m1/s1. The molecule has 1 heterocycles. The number of carbonyl (C=O) groups is 3. The van der Waals surface area contributed by atoms with E-state index in [0.717, 1.165) is 5.56 Å². The average molecular weight is 333 g/mol. The van der Waals surface area contributed by atoms with E-state index in [4.69, 9.17) is 4.74 Å². The van der Waals surface area contributed by atoms with Crippen molar-refractivity contribution in [2.45, 2.75) is 39.2 Å². The van der Waals surface area contributed by atoms with Crippen molar-refractivity contribution in [3.05, 3.63) is 35.9 Å². The summed E-state index contributed by atoms with van der Waals surface area (Å²) in [6.45, 7) is 5.24. The molecule has 1 saturated heterocycles. The number of ketones is 1. The third-order valence-electron chi connectivity index (χ3n) is 4.01. The van der Waals surface area contributed by atoms with Crippen LogP contribution in [0, 0.1) is 5.41 Å². The molecular weight excluding hydrogens is 310 g/mol. The number of carboxylic acid groups (broad SMARTS) is 1. The van der Waals surface area contributed by atoms with Gasteiger partial charge >= 0.3 is 12.1 Å². The van der Waals surface area contributed by atoms with E-state index < -0.39 is 23.1 Å². The number of carboxylic acids is 1. The Bertz CT molecular complexity index is 635. The highest BCUT2D eigenvalue weighted by Gasteiger charge is 2.50. The summed E-state index contributed by atoms with van der Waals surface area (Å²) in [4.78, 5) is 38.0. The van der Waals surface area contributed by atoms with E-state index in [1.165, 1.54) is 4.90 Å². The molecule has 1 aliphatic rings. The molecule has 0 aromatic heterocycles. The van der Waals surface area contributed by atoms with Crippen LogP contribution in [0.1, 0.15) is 32.8 Å². The molecule has 24 heavy (non-hydrogen) atoms. The summed E-state index contributed by atoms with van der Waals surface area (Å²) >= 11 is 0. The largest absolute Gasteiger partial charge is 0.480 e. The van der Waals surface area contributed by atoms with Gasteiger partial charge in [0.05, 0.1) is 0 Å². The molecule has 2 rings (SSSR count). The zero-order chi connectivity index (χ0) is 18.0. The molecule has 1 atom stereocenters. The summed E-state index contributed by atoms with van der Waals surface area (Å²) in [5.41, 5.74) is -1.56. The number of nitrogens with zero attached hydrogens (tertiary/aromatic N) is 1. The third-order valence-corrected chi connectivity index (χ3v) is 4.01. The maximum absolute atomic E-state index is 12.5. The van der Waals surface area contributed by atoms with Crippen LogP contribution in [0.4, 0.5) is 4.79 Å². The molecule has 130 valence electrons. The molecular formula is C18H23NO5. The van der Waals surface area contributed by atoms with Gasteiger partial charge in [-0.2, -0.15) is 0 Å². The Labute approximate surface area is 141 Å². The Hall–Kier alpha value is -2.37. The number of hydrogen-bond acceptors (Lipinski definition) is 4. The molecule has 1 N–H and O–H groups in total. The van der Waals surface area contributed by atoms with Crippen molar-refractivity contribution in [3.63, 3.8) is 0 Å². The summed E-state index contributed by atoms with van der Waals surface area (Å²) in [7, 11) is 0. The van der Waals surface area contributed by atoms with Crippen LogP contribution in [0.5, 0.6) is 0 Å². The highest BCUT2D eigenvalue weighted by molar-refractivity contribution is 6.04. The zero-order valence-corrected chi connectivity index (χ0v) is 14.2. The number of carbonyl (C=O) groups excluding carboxylic acids is 2. The Balaban J connectivity index is 2.26. The van der Waals surface area contributed by atoms with Crippen molar-refractivity contribution in [2.75, 3.05) is 13.1 Å². The lowest BCUT2D eigenvalue weighted by molar-refractivity contribution is -0.158. The first-order valence-electron chi connectivity index (χ1n) is 7.93. The topological polar surface area (TPSA) is 83.9 Å². The quantitative estimate of drug-likeness (QED) is 0.859. The van der Waals surface area contributed by atoms with Gasteiger partial charge in [0.25, 0.3) is 0 Å². The summed E-state index contributed by atoms with van der Waals surface area (Å²) in [5, 5.41) is 9.75. The molecule has 0 bridgehead atoms. The zero-order valence-electron chi connectivity index (χ0n) is 14.2. The Morgan fingerprint density at radius 3 is 2.42 bits per heavy atom. The normalized spacial score (nSPS) is 21.5. The smallest absolute Gasteiger partial charge is 0.410 e. The van der Waals surface area contributed by atoms with Gasteiger partial charge in [0, 0.05) is 19.5 Å². The van der Waals surface area contributed by atoms with Gasteiger partial charge in [0.15, 0.2) is 5.78 Å². The molecule has 0 spiro atoms. The summed E-state index contributed by atoms with van der Waals surface area (Å²) in [6.07, 6.45) is -0.520. The minimum absolute atomic E-state index is 0.0123. The SMILES string of the molecule is CC(C)(C)OC(=O)N1CCC(=O)[C@](Cc2ccccc2)(C(=O)O)C1. The van der Waals surface area contributed by atoms with Crippen LogP contribution in [0.2, 0.25) is 0 Å². The molecule has 6 heteroatoms. The fraction of sp³-hybridized carbons (Fsp3) is 0.500. The molecule has 1 aliphatic heterocycles. The van der Waals surface area contributed by atoms with Gasteiger partial charge in [-0.25, -0.2) is 4.79 Å². The van der Waals surface area contributed by atoms with Crippen molar-refractivity contribution in [2.24, 2.45) is 5.41 Å². The van der Waals surface area contributed by atoms with E-state index >= 15 is 0 Å². The first-order chi connectivity index (χ1) is 11.1. The second kappa shape index (κ2) is 6.63. The molecule has 0 aliphatic carbocycles. The van der Waals surface area contributed by atoms with E-state index in [1.54, 1.807) is 45.0 Å². The highest BCUT2D eigenvalue weighted by Crippen LogP contribution is 2.32. The van der Waals surface area contributed by atoms with Gasteiger partial charge in [-0.15, -0.1) is 0 Å². The van der Waals surface area contributed by atoms with Gasteiger partial charge in [-0.3, -0.25) is 9.59 Å². The molecule has 0 unspecified atom stereocenters. The number of piperidine rings is 1. The van der Waals surface area contributed by atoms with Crippen molar-refractivity contribution in [3.8, 4) is 0 Å². The number of Topliss-reactive ketones (excluding diaryl/α,β-unsaturated/α-hetero) is 1. The first kappa shape index (κ1) is 18.0. The minimum Gasteiger partial charge on any atom is -0.480 e. The third kappa shape index (κ3) is 3.93. The monoisotopic (exact) mass is 333 g/mol. The van der Waals surface area contributed by atoms with Crippen LogP contribution in [-0.4, -0.2) is 46.5 Å². The molecule has 0 radical (unpaired) electrons. The number of hydrogen-bond donors (Lipinski definition) is 1. The number of aliphatic carboxylic acids is 1. The second-order valence-corrected chi connectivity index (χ2v) is 7.12. The molecule has 6 nitrogen and oxygen atoms in total. The van der Waals surface area contributed by atoms with Gasteiger partial charge < -0.3 is 14.7 Å². The molecule has 1 amide bonds. The van der Waals surface area contributed by atoms with E-state index in [9.17, 15) is 19.5 Å². The van der Waals surface area contributed by atoms with Gasteiger partial charge in [-0.05, 0) is 32.8 Å². The lowest BCUT2D eigenvalue weighted by Gasteiger charge is -2.39. The molecule has 1 aromatic rings. The highest BCUT2D eigenvalue weighted by atomic mass is 16.6. The van der Waals surface area contributed by atoms with E-state index in [-0.39, 0.29) is 31.7 Å². The van der Waals surface area contributed by atoms with Gasteiger partial charge in [-0.1, -0.05) is 30.3 Å². The summed E-state index contributed by atoms with van der Waals surface area (Å²) in [5.74, 6) is -1.55. The summed E-state index contributed by atoms with van der Waals surface area (Å²) < 4.78 is 5.32. The molecule has 1 aromatic carbocycles. The number of amides is 1. The maximum atomic E-state index is 12.5. The van der Waals surface area contributed by atoms with Crippen molar-refractivity contribution < 1.29 is 24.2 Å². The van der Waals surface area contributed by atoms with Gasteiger partial charge in [0.1, 0.15) is 11.0 Å².